The first-order valence-corrected chi connectivity index (χ1v) is 8.57. The number of para-hydroxylation sites is 2. The predicted octanol–water partition coefficient (Wildman–Crippen LogP) is 2.92. The Morgan fingerprint density at radius 1 is 1.04 bits per heavy atom. The summed E-state index contributed by atoms with van der Waals surface area (Å²) in [6.45, 7) is 2.95. The third-order valence-electron chi connectivity index (χ3n) is 4.30. The van der Waals surface area contributed by atoms with Crippen LogP contribution in [-0.4, -0.2) is 40.5 Å². The van der Waals surface area contributed by atoms with Crippen molar-refractivity contribution in [1.82, 2.24) is 5.32 Å². The van der Waals surface area contributed by atoms with E-state index >= 15 is 0 Å². The molecule has 25 heavy (non-hydrogen) atoms. The number of rotatable bonds is 8. The Hall–Kier alpha value is -2.40. The van der Waals surface area contributed by atoms with Gasteiger partial charge in [0.15, 0.2) is 11.5 Å². The summed E-state index contributed by atoms with van der Waals surface area (Å²) in [5, 5.41) is 3.44. The van der Waals surface area contributed by atoms with Crippen LogP contribution in [0.1, 0.15) is 5.56 Å². The van der Waals surface area contributed by atoms with E-state index in [1.165, 1.54) is 5.56 Å². The average Bonchev–Trinajstić information content (AvgIpc) is 2.67. The Morgan fingerprint density at radius 3 is 2.56 bits per heavy atom. The fourth-order valence-corrected chi connectivity index (χ4v) is 3.01. The van der Waals surface area contributed by atoms with Crippen molar-refractivity contribution in [2.75, 3.05) is 40.5 Å². The van der Waals surface area contributed by atoms with E-state index in [1.54, 1.807) is 14.2 Å². The second kappa shape index (κ2) is 8.62. The number of hydrogen-bond acceptors (Lipinski definition) is 5. The van der Waals surface area contributed by atoms with Crippen molar-refractivity contribution >= 4 is 0 Å². The first-order chi connectivity index (χ1) is 12.3. The Balaban J connectivity index is 1.43. The van der Waals surface area contributed by atoms with E-state index in [1.807, 2.05) is 30.3 Å². The largest absolute Gasteiger partial charge is 0.493 e. The molecule has 134 valence electrons. The van der Waals surface area contributed by atoms with Crippen LogP contribution in [0, 0.1) is 5.92 Å². The summed E-state index contributed by atoms with van der Waals surface area (Å²) in [5.74, 6) is 3.50. The summed E-state index contributed by atoms with van der Waals surface area (Å²) in [5.41, 5.74) is 1.29. The molecule has 5 nitrogen and oxygen atoms in total. The molecular formula is C20H25NO4. The van der Waals surface area contributed by atoms with E-state index in [-0.39, 0.29) is 0 Å². The number of nitrogens with one attached hydrogen (secondary N) is 1. The lowest BCUT2D eigenvalue weighted by Crippen LogP contribution is -2.33. The highest BCUT2D eigenvalue weighted by Crippen LogP contribution is 2.36. The van der Waals surface area contributed by atoms with Crippen molar-refractivity contribution in [2.45, 2.75) is 6.42 Å². The van der Waals surface area contributed by atoms with Crippen molar-refractivity contribution < 1.29 is 18.9 Å². The highest BCUT2D eigenvalue weighted by Gasteiger charge is 2.19. The van der Waals surface area contributed by atoms with Gasteiger partial charge in [-0.2, -0.15) is 0 Å². The molecule has 2 aromatic rings. The standard InChI is InChI=1S/C20H25NO4/c1-22-18-8-5-9-19(23-2)20(18)24-11-10-21-13-15-12-16-6-3-4-7-17(16)25-14-15/h3-9,15,21H,10-14H2,1-2H3/t15-/m1/s1. The predicted molar refractivity (Wildman–Crippen MR) is 97.0 cm³/mol. The fourth-order valence-electron chi connectivity index (χ4n) is 3.01. The summed E-state index contributed by atoms with van der Waals surface area (Å²) in [6, 6.07) is 13.9. The van der Waals surface area contributed by atoms with E-state index in [0.717, 1.165) is 31.9 Å². The molecule has 0 saturated carbocycles. The van der Waals surface area contributed by atoms with Gasteiger partial charge in [-0.1, -0.05) is 24.3 Å². The molecule has 0 unspecified atom stereocenters. The summed E-state index contributed by atoms with van der Waals surface area (Å²) in [6.07, 6.45) is 1.05. The summed E-state index contributed by atoms with van der Waals surface area (Å²) >= 11 is 0. The maximum Gasteiger partial charge on any atom is 0.203 e. The Bertz CT molecular complexity index is 667. The van der Waals surface area contributed by atoms with Crippen molar-refractivity contribution in [3.63, 3.8) is 0 Å². The molecule has 1 N–H and O–H groups in total. The van der Waals surface area contributed by atoms with E-state index in [2.05, 4.69) is 17.4 Å². The molecule has 1 aliphatic heterocycles. The van der Waals surface area contributed by atoms with Gasteiger partial charge in [-0.3, -0.25) is 0 Å². The second-order valence-corrected chi connectivity index (χ2v) is 6.03. The van der Waals surface area contributed by atoms with Crippen LogP contribution in [0.3, 0.4) is 0 Å². The molecule has 5 heteroatoms. The van der Waals surface area contributed by atoms with Crippen molar-refractivity contribution in [1.29, 1.82) is 0 Å². The highest BCUT2D eigenvalue weighted by molar-refractivity contribution is 5.51. The van der Waals surface area contributed by atoms with Gasteiger partial charge in [-0.25, -0.2) is 0 Å². The van der Waals surface area contributed by atoms with Gasteiger partial charge < -0.3 is 24.3 Å². The first kappa shape index (κ1) is 17.4. The van der Waals surface area contributed by atoms with E-state index < -0.39 is 0 Å². The molecule has 0 saturated heterocycles. The van der Waals surface area contributed by atoms with Gasteiger partial charge in [0, 0.05) is 19.0 Å². The van der Waals surface area contributed by atoms with Crippen LogP contribution < -0.4 is 24.3 Å². The van der Waals surface area contributed by atoms with Crippen LogP contribution in [0.2, 0.25) is 0 Å². The van der Waals surface area contributed by atoms with E-state index in [9.17, 15) is 0 Å². The first-order valence-electron chi connectivity index (χ1n) is 8.57. The van der Waals surface area contributed by atoms with Crippen molar-refractivity contribution in [3.8, 4) is 23.0 Å². The highest BCUT2D eigenvalue weighted by atomic mass is 16.5. The van der Waals surface area contributed by atoms with Gasteiger partial charge in [0.2, 0.25) is 5.75 Å². The monoisotopic (exact) mass is 343 g/mol. The van der Waals surface area contributed by atoms with E-state index in [4.69, 9.17) is 18.9 Å². The third kappa shape index (κ3) is 4.37. The number of benzene rings is 2. The quantitative estimate of drug-likeness (QED) is 0.747. The van der Waals surface area contributed by atoms with Crippen LogP contribution in [0.4, 0.5) is 0 Å². The van der Waals surface area contributed by atoms with Crippen LogP contribution in [0.15, 0.2) is 42.5 Å². The smallest absolute Gasteiger partial charge is 0.203 e. The molecular weight excluding hydrogens is 318 g/mol. The van der Waals surface area contributed by atoms with E-state index in [0.29, 0.717) is 29.8 Å². The zero-order valence-electron chi connectivity index (χ0n) is 14.8. The van der Waals surface area contributed by atoms with Crippen LogP contribution >= 0.6 is 0 Å². The molecule has 1 aliphatic rings. The molecule has 0 fully saturated rings. The van der Waals surface area contributed by atoms with Gasteiger partial charge in [0.05, 0.1) is 20.8 Å². The second-order valence-electron chi connectivity index (χ2n) is 6.03. The molecule has 0 amide bonds. The molecule has 0 spiro atoms. The van der Waals surface area contributed by atoms with Gasteiger partial charge in [-0.05, 0) is 30.2 Å². The van der Waals surface area contributed by atoms with Gasteiger partial charge >= 0.3 is 0 Å². The maximum absolute atomic E-state index is 5.85. The molecule has 3 rings (SSSR count). The molecule has 0 aromatic heterocycles. The zero-order chi connectivity index (χ0) is 17.5. The zero-order valence-corrected chi connectivity index (χ0v) is 14.8. The minimum Gasteiger partial charge on any atom is -0.493 e. The topological polar surface area (TPSA) is 49.0 Å². The van der Waals surface area contributed by atoms with Crippen LogP contribution in [-0.2, 0) is 6.42 Å². The maximum atomic E-state index is 5.85. The van der Waals surface area contributed by atoms with Gasteiger partial charge in [0.1, 0.15) is 12.4 Å². The Morgan fingerprint density at radius 2 is 1.80 bits per heavy atom. The van der Waals surface area contributed by atoms with Gasteiger partial charge in [0.25, 0.3) is 0 Å². The summed E-state index contributed by atoms with van der Waals surface area (Å²) in [7, 11) is 3.25. The lowest BCUT2D eigenvalue weighted by Gasteiger charge is -2.25. The van der Waals surface area contributed by atoms with Crippen molar-refractivity contribution in [3.05, 3.63) is 48.0 Å². The average molecular weight is 343 g/mol. The minimum atomic E-state index is 0.482. The Kier molecular flexibility index (Phi) is 6.01. The third-order valence-corrected chi connectivity index (χ3v) is 4.30. The number of methoxy groups -OCH3 is 2. The SMILES string of the molecule is COc1cccc(OC)c1OCCNC[C@@H]1COc2ccccc2C1. The minimum absolute atomic E-state index is 0.482. The van der Waals surface area contributed by atoms with Crippen LogP contribution in [0.5, 0.6) is 23.0 Å². The fraction of sp³-hybridized carbons (Fsp3) is 0.400. The normalized spacial score (nSPS) is 15.8. The molecule has 1 atom stereocenters. The lowest BCUT2D eigenvalue weighted by atomic mass is 9.97. The summed E-state index contributed by atoms with van der Waals surface area (Å²) in [4.78, 5) is 0. The van der Waals surface area contributed by atoms with Crippen molar-refractivity contribution in [2.24, 2.45) is 5.92 Å². The van der Waals surface area contributed by atoms with Crippen LogP contribution in [0.25, 0.3) is 0 Å². The summed E-state index contributed by atoms with van der Waals surface area (Å²) < 4.78 is 22.3. The number of fused-ring (bicyclic) bond motifs is 1. The lowest BCUT2D eigenvalue weighted by molar-refractivity contribution is 0.213. The Labute approximate surface area is 148 Å². The van der Waals surface area contributed by atoms with Gasteiger partial charge in [-0.15, -0.1) is 0 Å². The molecule has 1 heterocycles. The molecule has 2 aromatic carbocycles. The molecule has 0 aliphatic carbocycles. The number of ether oxygens (including phenoxy) is 4. The molecule has 0 radical (unpaired) electrons. The molecule has 0 bridgehead atoms. The number of hydrogen-bond donors (Lipinski definition) is 1.